The highest BCUT2D eigenvalue weighted by molar-refractivity contribution is 7.91. The summed E-state index contributed by atoms with van der Waals surface area (Å²) in [6.07, 6.45) is 4.74. The predicted molar refractivity (Wildman–Crippen MR) is 67.3 cm³/mol. The number of hydrogen-bond acceptors (Lipinski definition) is 4. The molecule has 2 fully saturated rings. The third-order valence-electron chi connectivity index (χ3n) is 4.83. The Morgan fingerprint density at radius 2 is 2.12 bits per heavy atom. The number of hydrogen-bond donors (Lipinski definition) is 2. The van der Waals surface area contributed by atoms with Gasteiger partial charge in [0.1, 0.15) is 0 Å². The van der Waals surface area contributed by atoms with Gasteiger partial charge in [-0.1, -0.05) is 19.3 Å². The fourth-order valence-electron chi connectivity index (χ4n) is 3.20. The fraction of sp³-hybridized carbons (Fsp3) is 1.00. The van der Waals surface area contributed by atoms with Crippen molar-refractivity contribution in [2.45, 2.75) is 44.6 Å². The molecule has 2 atom stereocenters. The SMILES string of the molecule is CC(O)(CC1CCC1)C1(CN)CCS(=O)(=O)C1. The van der Waals surface area contributed by atoms with Crippen LogP contribution in [-0.4, -0.2) is 37.2 Å². The molecule has 2 aliphatic rings. The molecule has 5 heteroatoms. The molecule has 3 N–H and O–H groups in total. The molecule has 1 aliphatic heterocycles. The Kier molecular flexibility index (Phi) is 3.30. The number of rotatable bonds is 4. The normalized spacial score (nSPS) is 36.4. The summed E-state index contributed by atoms with van der Waals surface area (Å²) in [7, 11) is -3.01. The van der Waals surface area contributed by atoms with Crippen LogP contribution in [0.15, 0.2) is 0 Å². The van der Waals surface area contributed by atoms with E-state index in [1.165, 1.54) is 6.42 Å². The standard InChI is InChI=1S/C12H23NO3S/c1-11(14,7-10-3-2-4-10)12(8-13)5-6-17(15,16)9-12/h10,14H,2-9,13H2,1H3. The van der Waals surface area contributed by atoms with E-state index in [-0.39, 0.29) is 18.1 Å². The summed E-state index contributed by atoms with van der Waals surface area (Å²) in [6.45, 7) is 2.03. The van der Waals surface area contributed by atoms with Gasteiger partial charge in [-0.3, -0.25) is 0 Å². The van der Waals surface area contributed by atoms with Crippen LogP contribution in [0.3, 0.4) is 0 Å². The van der Waals surface area contributed by atoms with Crippen molar-refractivity contribution in [1.82, 2.24) is 0 Å². The second kappa shape index (κ2) is 4.21. The quantitative estimate of drug-likeness (QED) is 0.780. The first-order valence-corrected chi connectivity index (χ1v) is 8.25. The molecular weight excluding hydrogens is 238 g/mol. The zero-order valence-corrected chi connectivity index (χ0v) is 11.3. The summed E-state index contributed by atoms with van der Waals surface area (Å²) in [6, 6.07) is 0. The molecule has 1 aliphatic carbocycles. The summed E-state index contributed by atoms with van der Waals surface area (Å²) < 4.78 is 23.3. The largest absolute Gasteiger partial charge is 0.390 e. The van der Waals surface area contributed by atoms with Crippen LogP contribution in [-0.2, 0) is 9.84 Å². The van der Waals surface area contributed by atoms with Crippen LogP contribution in [0.25, 0.3) is 0 Å². The van der Waals surface area contributed by atoms with Gasteiger partial charge < -0.3 is 10.8 Å². The highest BCUT2D eigenvalue weighted by Gasteiger charge is 2.53. The van der Waals surface area contributed by atoms with Crippen LogP contribution in [0.1, 0.15) is 39.0 Å². The molecule has 17 heavy (non-hydrogen) atoms. The lowest BCUT2D eigenvalue weighted by molar-refractivity contribution is -0.0767. The topological polar surface area (TPSA) is 80.4 Å². The lowest BCUT2D eigenvalue weighted by Crippen LogP contribution is -2.53. The molecule has 0 bridgehead atoms. The third-order valence-corrected chi connectivity index (χ3v) is 6.65. The van der Waals surface area contributed by atoms with Crippen LogP contribution in [0.4, 0.5) is 0 Å². The Balaban J connectivity index is 2.16. The van der Waals surface area contributed by atoms with Gasteiger partial charge in [0, 0.05) is 12.0 Å². The van der Waals surface area contributed by atoms with E-state index >= 15 is 0 Å². The highest BCUT2D eigenvalue weighted by Crippen LogP contribution is 2.46. The first kappa shape index (κ1) is 13.3. The minimum absolute atomic E-state index is 0.0518. The minimum atomic E-state index is -3.01. The summed E-state index contributed by atoms with van der Waals surface area (Å²) in [5, 5.41) is 10.7. The van der Waals surface area contributed by atoms with Crippen molar-refractivity contribution in [2.24, 2.45) is 17.1 Å². The molecule has 2 rings (SSSR count). The maximum atomic E-state index is 11.7. The van der Waals surface area contributed by atoms with Crippen molar-refractivity contribution < 1.29 is 13.5 Å². The summed E-state index contributed by atoms with van der Waals surface area (Å²) in [5.41, 5.74) is 4.22. The highest BCUT2D eigenvalue weighted by atomic mass is 32.2. The van der Waals surface area contributed by atoms with Gasteiger partial charge in [-0.05, 0) is 25.7 Å². The summed E-state index contributed by atoms with van der Waals surface area (Å²) in [5.74, 6) is 0.776. The molecule has 1 saturated heterocycles. The van der Waals surface area contributed by atoms with Crippen LogP contribution < -0.4 is 5.73 Å². The van der Waals surface area contributed by atoms with Gasteiger partial charge in [0.05, 0.1) is 17.1 Å². The van der Waals surface area contributed by atoms with Crippen LogP contribution in [0, 0.1) is 11.3 Å². The molecule has 0 aromatic heterocycles. The first-order valence-electron chi connectivity index (χ1n) is 6.43. The van der Waals surface area contributed by atoms with E-state index in [0.29, 0.717) is 18.8 Å². The van der Waals surface area contributed by atoms with Gasteiger partial charge in [0.2, 0.25) is 0 Å². The zero-order chi connectivity index (χ0) is 12.7. The van der Waals surface area contributed by atoms with Gasteiger partial charge in [-0.25, -0.2) is 8.42 Å². The van der Waals surface area contributed by atoms with Crippen molar-refractivity contribution >= 4 is 9.84 Å². The summed E-state index contributed by atoms with van der Waals surface area (Å²) in [4.78, 5) is 0. The van der Waals surface area contributed by atoms with Crippen LogP contribution in [0.5, 0.6) is 0 Å². The van der Waals surface area contributed by atoms with Crippen molar-refractivity contribution in [3.05, 3.63) is 0 Å². The van der Waals surface area contributed by atoms with E-state index in [4.69, 9.17) is 5.73 Å². The van der Waals surface area contributed by atoms with Gasteiger partial charge >= 0.3 is 0 Å². The molecule has 1 saturated carbocycles. The molecule has 4 nitrogen and oxygen atoms in total. The Morgan fingerprint density at radius 3 is 2.47 bits per heavy atom. The molecule has 1 heterocycles. The third kappa shape index (κ3) is 2.37. The van der Waals surface area contributed by atoms with Crippen molar-refractivity contribution in [1.29, 1.82) is 0 Å². The Hall–Kier alpha value is -0.130. The van der Waals surface area contributed by atoms with E-state index in [1.54, 1.807) is 6.92 Å². The molecule has 0 aromatic carbocycles. The second-order valence-corrected chi connectivity index (χ2v) is 8.29. The van der Waals surface area contributed by atoms with Gasteiger partial charge in [-0.2, -0.15) is 0 Å². The molecule has 0 radical (unpaired) electrons. The van der Waals surface area contributed by atoms with E-state index < -0.39 is 20.9 Å². The van der Waals surface area contributed by atoms with E-state index in [0.717, 1.165) is 12.8 Å². The van der Waals surface area contributed by atoms with Gasteiger partial charge in [-0.15, -0.1) is 0 Å². The first-order chi connectivity index (χ1) is 7.80. The monoisotopic (exact) mass is 261 g/mol. The average molecular weight is 261 g/mol. The second-order valence-electron chi connectivity index (χ2n) is 6.10. The Bertz CT molecular complexity index is 387. The van der Waals surface area contributed by atoms with Gasteiger partial charge in [0.25, 0.3) is 0 Å². The van der Waals surface area contributed by atoms with Crippen molar-refractivity contribution in [3.8, 4) is 0 Å². The lowest BCUT2D eigenvalue weighted by atomic mass is 9.65. The number of aliphatic hydroxyl groups is 1. The fourth-order valence-corrected chi connectivity index (χ4v) is 5.46. The molecule has 100 valence electrons. The average Bonchev–Trinajstić information content (AvgIpc) is 2.50. The van der Waals surface area contributed by atoms with Gasteiger partial charge in [0.15, 0.2) is 9.84 Å². The maximum absolute atomic E-state index is 11.7. The lowest BCUT2D eigenvalue weighted by Gasteiger charge is -2.44. The molecular formula is C12H23NO3S. The Labute approximate surface area is 104 Å². The van der Waals surface area contributed by atoms with Crippen LogP contribution >= 0.6 is 0 Å². The molecule has 0 amide bonds. The smallest absolute Gasteiger partial charge is 0.151 e. The van der Waals surface area contributed by atoms with Crippen molar-refractivity contribution in [2.75, 3.05) is 18.1 Å². The molecule has 0 aromatic rings. The molecule has 2 unspecified atom stereocenters. The van der Waals surface area contributed by atoms with E-state index in [1.807, 2.05) is 0 Å². The van der Waals surface area contributed by atoms with Crippen LogP contribution in [0.2, 0.25) is 0 Å². The number of nitrogens with two attached hydrogens (primary N) is 1. The predicted octanol–water partition coefficient (Wildman–Crippen LogP) is 0.691. The maximum Gasteiger partial charge on any atom is 0.151 e. The summed E-state index contributed by atoms with van der Waals surface area (Å²) >= 11 is 0. The van der Waals surface area contributed by atoms with E-state index in [2.05, 4.69) is 0 Å². The van der Waals surface area contributed by atoms with E-state index in [9.17, 15) is 13.5 Å². The number of sulfone groups is 1. The molecule has 0 spiro atoms. The minimum Gasteiger partial charge on any atom is -0.390 e. The van der Waals surface area contributed by atoms with Crippen molar-refractivity contribution in [3.63, 3.8) is 0 Å². The Morgan fingerprint density at radius 1 is 1.47 bits per heavy atom. The zero-order valence-electron chi connectivity index (χ0n) is 10.5.